The number of ether oxygens (including phenoxy) is 3. The number of unbranched alkanes of at least 4 members (excludes halogenated alkanes) is 3. The largest absolute Gasteiger partial charge is 0.480 e. The summed E-state index contributed by atoms with van der Waals surface area (Å²) in [6.45, 7) is 6.03. The zero-order valence-corrected chi connectivity index (χ0v) is 18.3. The molecule has 0 spiro atoms. The van der Waals surface area contributed by atoms with E-state index in [0.717, 1.165) is 25.7 Å². The summed E-state index contributed by atoms with van der Waals surface area (Å²) in [5, 5.41) is 3.08. The molecule has 0 radical (unpaired) electrons. The molecule has 0 saturated heterocycles. The van der Waals surface area contributed by atoms with Gasteiger partial charge in [0.15, 0.2) is 0 Å². The minimum absolute atomic E-state index is 0.0169. The topological polar surface area (TPSA) is 141 Å². The molecule has 2 aromatic heterocycles. The number of amides is 1. The molecule has 0 atom stereocenters. The summed E-state index contributed by atoms with van der Waals surface area (Å²) in [5.74, 6) is 0.427. The molecule has 30 heavy (non-hydrogen) atoms. The number of nitrogens with one attached hydrogen (secondary N) is 2. The zero-order chi connectivity index (χ0) is 22.3. The van der Waals surface area contributed by atoms with Gasteiger partial charge in [0.05, 0.1) is 12.6 Å². The van der Waals surface area contributed by atoms with Gasteiger partial charge in [0.25, 0.3) is 0 Å². The first-order chi connectivity index (χ1) is 14.2. The minimum Gasteiger partial charge on any atom is -0.480 e. The van der Waals surface area contributed by atoms with Crippen molar-refractivity contribution in [1.29, 1.82) is 0 Å². The summed E-state index contributed by atoms with van der Waals surface area (Å²) >= 11 is 0. The molecule has 0 unspecified atom stereocenters. The van der Waals surface area contributed by atoms with Gasteiger partial charge in [-0.1, -0.05) is 12.8 Å². The van der Waals surface area contributed by atoms with Gasteiger partial charge in [-0.3, -0.25) is 5.32 Å². The number of carbonyl (C=O) groups is 1. The highest BCUT2D eigenvalue weighted by atomic mass is 16.6. The Labute approximate surface area is 175 Å². The van der Waals surface area contributed by atoms with Crippen LogP contribution in [0.2, 0.25) is 0 Å². The highest BCUT2D eigenvalue weighted by molar-refractivity contribution is 5.98. The molecule has 10 heteroatoms. The predicted octanol–water partition coefficient (Wildman–Crippen LogP) is 3.01. The quantitative estimate of drug-likeness (QED) is 0.525. The molecule has 0 aliphatic rings. The smallest absolute Gasteiger partial charge is 0.413 e. The Morgan fingerprint density at radius 1 is 1.13 bits per heavy atom. The number of aromatic nitrogens is 3. The van der Waals surface area contributed by atoms with Crippen molar-refractivity contribution in [2.75, 3.05) is 31.9 Å². The SMILES string of the molecule is COCCCCCCc1c(NC(=O)OC(C)(C)C)nc(OC)c2c(N)nc(=O)[nH]c12. The van der Waals surface area contributed by atoms with Crippen molar-refractivity contribution >= 4 is 28.6 Å². The van der Waals surface area contributed by atoms with Gasteiger partial charge in [-0.05, 0) is 40.0 Å². The fourth-order valence-corrected chi connectivity index (χ4v) is 3.07. The summed E-state index contributed by atoms with van der Waals surface area (Å²) in [4.78, 5) is 35.2. The molecule has 4 N–H and O–H groups in total. The lowest BCUT2D eigenvalue weighted by Gasteiger charge is -2.21. The second-order valence-electron chi connectivity index (χ2n) is 7.91. The number of nitrogens with zero attached hydrogens (tertiary/aromatic N) is 2. The number of aryl methyl sites for hydroxylation is 1. The lowest BCUT2D eigenvalue weighted by Crippen LogP contribution is -2.28. The van der Waals surface area contributed by atoms with Crippen LogP contribution in [0, 0.1) is 0 Å². The number of H-pyrrole nitrogens is 1. The van der Waals surface area contributed by atoms with Gasteiger partial charge in [-0.25, -0.2) is 9.59 Å². The first kappa shape index (κ1) is 23.4. The third-order valence-electron chi connectivity index (χ3n) is 4.31. The number of pyridine rings is 1. The van der Waals surface area contributed by atoms with E-state index in [-0.39, 0.29) is 17.5 Å². The number of fused-ring (bicyclic) bond motifs is 1. The van der Waals surface area contributed by atoms with E-state index in [1.165, 1.54) is 7.11 Å². The Bertz CT molecular complexity index is 936. The normalized spacial score (nSPS) is 11.5. The molecular formula is C20H31N5O5. The Morgan fingerprint density at radius 3 is 2.47 bits per heavy atom. The molecule has 0 saturated carbocycles. The average molecular weight is 421 g/mol. The van der Waals surface area contributed by atoms with Crippen LogP contribution < -0.4 is 21.5 Å². The van der Waals surface area contributed by atoms with Crippen LogP contribution >= 0.6 is 0 Å². The highest BCUT2D eigenvalue weighted by Crippen LogP contribution is 2.33. The number of nitrogen functional groups attached to an aromatic ring is 1. The molecule has 0 fully saturated rings. The lowest BCUT2D eigenvalue weighted by atomic mass is 10.0. The van der Waals surface area contributed by atoms with Crippen LogP contribution in [0.15, 0.2) is 4.79 Å². The van der Waals surface area contributed by atoms with Crippen LogP contribution in [-0.4, -0.2) is 47.5 Å². The predicted molar refractivity (Wildman–Crippen MR) is 115 cm³/mol. The Hall–Kier alpha value is -2.88. The zero-order valence-electron chi connectivity index (χ0n) is 18.3. The summed E-state index contributed by atoms with van der Waals surface area (Å²) < 4.78 is 15.8. The molecule has 10 nitrogen and oxygen atoms in total. The van der Waals surface area contributed by atoms with E-state index in [0.29, 0.717) is 29.5 Å². The molecule has 2 aromatic rings. The molecule has 0 bridgehead atoms. The number of methoxy groups -OCH3 is 2. The second-order valence-corrected chi connectivity index (χ2v) is 7.91. The maximum absolute atomic E-state index is 12.4. The fraction of sp³-hybridized carbons (Fsp3) is 0.600. The average Bonchev–Trinajstić information content (AvgIpc) is 2.63. The van der Waals surface area contributed by atoms with E-state index in [9.17, 15) is 9.59 Å². The summed E-state index contributed by atoms with van der Waals surface area (Å²) in [6, 6.07) is 0. The van der Waals surface area contributed by atoms with Gasteiger partial charge in [-0.15, -0.1) is 0 Å². The summed E-state index contributed by atoms with van der Waals surface area (Å²) in [6.07, 6.45) is 3.65. The van der Waals surface area contributed by atoms with E-state index < -0.39 is 17.4 Å². The van der Waals surface area contributed by atoms with Gasteiger partial charge in [-0.2, -0.15) is 9.97 Å². The van der Waals surface area contributed by atoms with Crippen LogP contribution in [-0.2, 0) is 15.9 Å². The van der Waals surface area contributed by atoms with E-state index in [1.54, 1.807) is 27.9 Å². The maximum atomic E-state index is 12.4. The van der Waals surface area contributed by atoms with Crippen molar-refractivity contribution in [1.82, 2.24) is 15.0 Å². The summed E-state index contributed by atoms with van der Waals surface area (Å²) in [5.41, 5.74) is 5.81. The van der Waals surface area contributed by atoms with Crippen LogP contribution in [0.5, 0.6) is 5.88 Å². The highest BCUT2D eigenvalue weighted by Gasteiger charge is 2.22. The number of hydrogen-bond acceptors (Lipinski definition) is 8. The van der Waals surface area contributed by atoms with Crippen molar-refractivity contribution in [3.05, 3.63) is 16.0 Å². The van der Waals surface area contributed by atoms with Gasteiger partial charge in [0.1, 0.15) is 22.6 Å². The molecule has 0 aliphatic heterocycles. The van der Waals surface area contributed by atoms with Crippen LogP contribution in [0.3, 0.4) is 0 Å². The minimum atomic E-state index is -0.671. The van der Waals surface area contributed by atoms with Crippen LogP contribution in [0.25, 0.3) is 10.9 Å². The Kier molecular flexibility index (Phi) is 7.99. The number of carbonyl (C=O) groups excluding carboxylic acids is 1. The third-order valence-corrected chi connectivity index (χ3v) is 4.31. The van der Waals surface area contributed by atoms with E-state index in [4.69, 9.17) is 19.9 Å². The van der Waals surface area contributed by atoms with E-state index in [1.807, 2.05) is 0 Å². The molecule has 2 rings (SSSR count). The fourth-order valence-electron chi connectivity index (χ4n) is 3.07. The van der Waals surface area contributed by atoms with Crippen molar-refractivity contribution < 1.29 is 19.0 Å². The Morgan fingerprint density at radius 2 is 1.83 bits per heavy atom. The van der Waals surface area contributed by atoms with Crippen molar-refractivity contribution in [2.45, 2.75) is 58.5 Å². The molecule has 1 amide bonds. The Balaban J connectivity index is 2.43. The van der Waals surface area contributed by atoms with Crippen molar-refractivity contribution in [2.24, 2.45) is 0 Å². The number of anilines is 2. The van der Waals surface area contributed by atoms with E-state index in [2.05, 4.69) is 20.3 Å². The first-order valence-corrected chi connectivity index (χ1v) is 9.91. The van der Waals surface area contributed by atoms with Crippen LogP contribution in [0.4, 0.5) is 16.4 Å². The van der Waals surface area contributed by atoms with Gasteiger partial charge < -0.3 is 24.9 Å². The number of hydrogen-bond donors (Lipinski definition) is 3. The standard InChI is InChI=1S/C20H31N5O5/c1-20(2,3)30-19(27)25-16-12(10-8-6-7-9-11-28-4)14-13(17(24-16)29-5)15(21)23-18(26)22-14/h6-11H2,1-5H3,(H,24,25,27)(H3,21,22,23,26). The molecular weight excluding hydrogens is 390 g/mol. The third kappa shape index (κ3) is 6.31. The molecule has 0 aliphatic carbocycles. The van der Waals surface area contributed by atoms with Crippen LogP contribution in [0.1, 0.15) is 52.0 Å². The van der Waals surface area contributed by atoms with E-state index >= 15 is 0 Å². The molecule has 2 heterocycles. The molecule has 0 aromatic carbocycles. The van der Waals surface area contributed by atoms with Gasteiger partial charge >= 0.3 is 11.8 Å². The number of aromatic amines is 1. The number of nitrogens with two attached hydrogens (primary N) is 1. The first-order valence-electron chi connectivity index (χ1n) is 9.91. The number of rotatable bonds is 9. The van der Waals surface area contributed by atoms with Gasteiger partial charge in [0, 0.05) is 19.3 Å². The molecule has 166 valence electrons. The van der Waals surface area contributed by atoms with Gasteiger partial charge in [0.2, 0.25) is 5.88 Å². The second kappa shape index (κ2) is 10.2. The summed E-state index contributed by atoms with van der Waals surface area (Å²) in [7, 11) is 3.11. The maximum Gasteiger partial charge on any atom is 0.413 e. The lowest BCUT2D eigenvalue weighted by molar-refractivity contribution is 0.0635. The van der Waals surface area contributed by atoms with Crippen molar-refractivity contribution in [3.8, 4) is 5.88 Å². The monoisotopic (exact) mass is 421 g/mol. The van der Waals surface area contributed by atoms with Crippen molar-refractivity contribution in [3.63, 3.8) is 0 Å².